The first-order chi connectivity index (χ1) is 8.75. The van der Waals surface area contributed by atoms with Gasteiger partial charge in [0.25, 0.3) is 0 Å². The fraction of sp³-hybridized carbons (Fsp3) is 0.294. The molecule has 18 heavy (non-hydrogen) atoms. The Kier molecular flexibility index (Phi) is 1.86. The van der Waals surface area contributed by atoms with Crippen molar-refractivity contribution >= 4 is 0 Å². The van der Waals surface area contributed by atoms with E-state index < -0.39 is 0 Å². The summed E-state index contributed by atoms with van der Waals surface area (Å²) in [5.41, 5.74) is 12.4. The minimum absolute atomic E-state index is 0.0534. The van der Waals surface area contributed by atoms with Crippen molar-refractivity contribution in [2.45, 2.75) is 30.7 Å². The zero-order chi connectivity index (χ0) is 12.3. The number of benzene rings is 2. The molecule has 2 aromatic carbocycles. The molecular weight excluding hydrogens is 218 g/mol. The van der Waals surface area contributed by atoms with E-state index in [0.29, 0.717) is 5.92 Å². The van der Waals surface area contributed by atoms with E-state index in [1.54, 1.807) is 0 Å². The zero-order valence-corrected chi connectivity index (χ0v) is 10.6. The molecule has 1 nitrogen and oxygen atoms in total. The normalized spacial score (nSPS) is 28.9. The van der Waals surface area contributed by atoms with Crippen LogP contribution in [0.15, 0.2) is 48.5 Å². The highest BCUT2D eigenvalue weighted by Gasteiger charge is 2.54. The maximum Gasteiger partial charge on any atom is 0.0365 e. The maximum absolute atomic E-state index is 6.40. The van der Waals surface area contributed by atoms with E-state index >= 15 is 0 Å². The molecule has 2 aliphatic rings. The summed E-state index contributed by atoms with van der Waals surface area (Å²) in [7, 11) is 0. The summed E-state index contributed by atoms with van der Waals surface area (Å²) < 4.78 is 0. The highest BCUT2D eigenvalue weighted by atomic mass is 14.7. The maximum atomic E-state index is 6.40. The quantitative estimate of drug-likeness (QED) is 0.807. The first-order valence-electron chi connectivity index (χ1n) is 6.69. The molecule has 0 amide bonds. The monoisotopic (exact) mass is 235 g/mol. The molecule has 2 N–H and O–H groups in total. The van der Waals surface area contributed by atoms with Gasteiger partial charge >= 0.3 is 0 Å². The van der Waals surface area contributed by atoms with E-state index in [9.17, 15) is 0 Å². The van der Waals surface area contributed by atoms with Crippen molar-refractivity contribution < 1.29 is 0 Å². The molecule has 4 rings (SSSR count). The molecule has 1 heteroatoms. The largest absolute Gasteiger partial charge is 0.327 e. The van der Waals surface area contributed by atoms with Crippen LogP contribution in [0.4, 0.5) is 0 Å². The standard InChI is InChI=1S/C17H17N/c1-11(18)17-10-14(12-6-2-4-8-15(12)17)13-7-3-5-9-16(13)17/h2-9,11,14H,10,18H2,1H3. The summed E-state index contributed by atoms with van der Waals surface area (Å²) >= 11 is 0. The SMILES string of the molecule is CC(N)C12CC(c3ccccc31)c1ccccc12. The lowest BCUT2D eigenvalue weighted by Gasteiger charge is -2.34. The average molecular weight is 235 g/mol. The summed E-state index contributed by atoms with van der Waals surface area (Å²) in [6.07, 6.45) is 1.16. The van der Waals surface area contributed by atoms with E-state index in [-0.39, 0.29) is 11.5 Å². The van der Waals surface area contributed by atoms with Crippen LogP contribution in [-0.2, 0) is 5.41 Å². The zero-order valence-electron chi connectivity index (χ0n) is 10.6. The van der Waals surface area contributed by atoms with Crippen molar-refractivity contribution in [2.24, 2.45) is 5.73 Å². The van der Waals surface area contributed by atoms with E-state index in [2.05, 4.69) is 55.5 Å². The molecule has 2 aliphatic carbocycles. The van der Waals surface area contributed by atoms with Crippen molar-refractivity contribution in [3.05, 3.63) is 70.8 Å². The smallest absolute Gasteiger partial charge is 0.0365 e. The second kappa shape index (κ2) is 3.24. The molecular formula is C17H17N. The summed E-state index contributed by atoms with van der Waals surface area (Å²) in [5, 5.41) is 0. The van der Waals surface area contributed by atoms with Gasteiger partial charge in [-0.05, 0) is 35.6 Å². The van der Waals surface area contributed by atoms with Crippen LogP contribution in [0.5, 0.6) is 0 Å². The fourth-order valence-corrected chi connectivity index (χ4v) is 4.17. The Balaban J connectivity index is 2.08. The Morgan fingerprint density at radius 3 is 2.00 bits per heavy atom. The molecule has 2 aromatic rings. The van der Waals surface area contributed by atoms with Crippen LogP contribution in [0, 0.1) is 0 Å². The van der Waals surface area contributed by atoms with E-state index in [1.165, 1.54) is 22.3 Å². The first-order valence-corrected chi connectivity index (χ1v) is 6.69. The highest BCUT2D eigenvalue weighted by Crippen LogP contribution is 2.60. The molecule has 0 fully saturated rings. The molecule has 1 atom stereocenters. The number of nitrogens with two attached hydrogens (primary N) is 1. The van der Waals surface area contributed by atoms with Gasteiger partial charge in [0, 0.05) is 17.4 Å². The third kappa shape index (κ3) is 0.979. The van der Waals surface area contributed by atoms with E-state index in [0.717, 1.165) is 6.42 Å². The van der Waals surface area contributed by atoms with Crippen molar-refractivity contribution in [3.8, 4) is 0 Å². The molecule has 0 aromatic heterocycles. The van der Waals surface area contributed by atoms with Crippen LogP contribution >= 0.6 is 0 Å². The Morgan fingerprint density at radius 2 is 1.50 bits per heavy atom. The van der Waals surface area contributed by atoms with Crippen LogP contribution in [0.2, 0.25) is 0 Å². The molecule has 0 spiro atoms. The Bertz CT molecular complexity index is 580. The Morgan fingerprint density at radius 1 is 1.00 bits per heavy atom. The van der Waals surface area contributed by atoms with Gasteiger partial charge in [0.15, 0.2) is 0 Å². The molecule has 0 heterocycles. The highest BCUT2D eigenvalue weighted by molar-refractivity contribution is 5.63. The van der Waals surface area contributed by atoms with Gasteiger partial charge in [0.1, 0.15) is 0 Å². The van der Waals surface area contributed by atoms with E-state index in [1.807, 2.05) is 0 Å². The van der Waals surface area contributed by atoms with Crippen molar-refractivity contribution in [1.82, 2.24) is 0 Å². The van der Waals surface area contributed by atoms with Gasteiger partial charge in [-0.2, -0.15) is 0 Å². The van der Waals surface area contributed by atoms with Crippen LogP contribution in [-0.4, -0.2) is 6.04 Å². The molecule has 0 saturated carbocycles. The number of hydrogen-bond donors (Lipinski definition) is 1. The fourth-order valence-electron chi connectivity index (χ4n) is 4.17. The van der Waals surface area contributed by atoms with Gasteiger partial charge < -0.3 is 5.73 Å². The molecule has 0 saturated heterocycles. The Labute approximate surface area is 108 Å². The minimum Gasteiger partial charge on any atom is -0.327 e. The van der Waals surface area contributed by atoms with Crippen LogP contribution in [0.1, 0.15) is 41.5 Å². The molecule has 90 valence electrons. The number of fused-ring (bicyclic) bond motifs is 8. The second-order valence-electron chi connectivity index (χ2n) is 5.69. The molecule has 0 radical (unpaired) electrons. The van der Waals surface area contributed by atoms with Crippen molar-refractivity contribution in [2.75, 3.05) is 0 Å². The predicted molar refractivity (Wildman–Crippen MR) is 73.8 cm³/mol. The van der Waals surface area contributed by atoms with Crippen molar-refractivity contribution in [1.29, 1.82) is 0 Å². The van der Waals surface area contributed by atoms with E-state index in [4.69, 9.17) is 5.73 Å². The van der Waals surface area contributed by atoms with Crippen LogP contribution < -0.4 is 5.73 Å². The topological polar surface area (TPSA) is 26.0 Å². The van der Waals surface area contributed by atoms with Gasteiger partial charge in [0.05, 0.1) is 0 Å². The second-order valence-corrected chi connectivity index (χ2v) is 5.69. The molecule has 2 bridgehead atoms. The summed E-state index contributed by atoms with van der Waals surface area (Å²) in [5.74, 6) is 0.559. The minimum atomic E-state index is 0.0534. The number of hydrogen-bond acceptors (Lipinski definition) is 1. The summed E-state index contributed by atoms with van der Waals surface area (Å²) in [4.78, 5) is 0. The van der Waals surface area contributed by atoms with Gasteiger partial charge in [0.2, 0.25) is 0 Å². The molecule has 1 unspecified atom stereocenters. The lowest BCUT2D eigenvalue weighted by atomic mass is 9.71. The predicted octanol–water partition coefficient (Wildman–Crippen LogP) is 3.17. The van der Waals surface area contributed by atoms with Gasteiger partial charge in [-0.15, -0.1) is 0 Å². The van der Waals surface area contributed by atoms with Crippen LogP contribution in [0.25, 0.3) is 0 Å². The lowest BCUT2D eigenvalue weighted by Crippen LogP contribution is -2.41. The lowest BCUT2D eigenvalue weighted by molar-refractivity contribution is 0.443. The third-order valence-electron chi connectivity index (χ3n) is 4.94. The summed E-state index contributed by atoms with van der Waals surface area (Å²) in [6.45, 7) is 2.15. The van der Waals surface area contributed by atoms with Crippen molar-refractivity contribution in [3.63, 3.8) is 0 Å². The van der Waals surface area contributed by atoms with Gasteiger partial charge in [-0.1, -0.05) is 48.5 Å². The van der Waals surface area contributed by atoms with Gasteiger partial charge in [-0.25, -0.2) is 0 Å². The third-order valence-corrected chi connectivity index (χ3v) is 4.94. The molecule has 0 aliphatic heterocycles. The first kappa shape index (κ1) is 10.3. The average Bonchev–Trinajstić information content (AvgIpc) is 2.93. The van der Waals surface area contributed by atoms with Crippen LogP contribution in [0.3, 0.4) is 0 Å². The number of rotatable bonds is 1. The van der Waals surface area contributed by atoms with Gasteiger partial charge in [-0.3, -0.25) is 0 Å². The Hall–Kier alpha value is -1.60. The summed E-state index contributed by atoms with van der Waals surface area (Å²) in [6, 6.07) is 17.9.